The molecular weight excluding hydrogens is 282 g/mol. The molecule has 0 aliphatic heterocycles. The van der Waals surface area contributed by atoms with E-state index in [1.165, 1.54) is 5.56 Å². The van der Waals surface area contributed by atoms with Crippen molar-refractivity contribution in [3.05, 3.63) is 40.6 Å². The Kier molecular flexibility index (Phi) is 3.66. The predicted molar refractivity (Wildman–Crippen MR) is 87.7 cm³/mol. The normalized spacial score (nSPS) is 10.8. The number of thiophene rings is 1. The summed E-state index contributed by atoms with van der Waals surface area (Å²) in [7, 11) is 0. The van der Waals surface area contributed by atoms with Gasteiger partial charge in [-0.3, -0.25) is 5.10 Å². The minimum absolute atomic E-state index is 0.514. The largest absolute Gasteiger partial charge is 0.494 e. The van der Waals surface area contributed by atoms with Crippen LogP contribution in [-0.2, 0) is 0 Å². The van der Waals surface area contributed by atoms with Crippen LogP contribution in [0.2, 0.25) is 0 Å². The maximum atomic E-state index is 6.06. The minimum atomic E-state index is 0.514. The maximum absolute atomic E-state index is 6.06. The summed E-state index contributed by atoms with van der Waals surface area (Å²) in [4.78, 5) is 0. The SMILES string of the molecule is CCOc1ccc(-c2c(N)n[nH]c2-c2cscc2C)cc1. The molecule has 0 radical (unpaired) electrons. The molecule has 3 N–H and O–H groups in total. The quantitative estimate of drug-likeness (QED) is 0.762. The molecule has 2 heterocycles. The molecule has 4 nitrogen and oxygen atoms in total. The van der Waals surface area contributed by atoms with E-state index < -0.39 is 0 Å². The van der Waals surface area contributed by atoms with Gasteiger partial charge in [-0.2, -0.15) is 16.4 Å². The number of benzene rings is 1. The summed E-state index contributed by atoms with van der Waals surface area (Å²) in [5.41, 5.74) is 11.4. The molecule has 0 atom stereocenters. The topological polar surface area (TPSA) is 63.9 Å². The van der Waals surface area contributed by atoms with Gasteiger partial charge < -0.3 is 10.5 Å². The number of hydrogen-bond donors (Lipinski definition) is 2. The molecule has 0 amide bonds. The molecule has 0 saturated heterocycles. The molecule has 0 saturated carbocycles. The van der Waals surface area contributed by atoms with Gasteiger partial charge >= 0.3 is 0 Å². The number of aryl methyl sites for hydroxylation is 1. The van der Waals surface area contributed by atoms with Gasteiger partial charge in [-0.1, -0.05) is 12.1 Å². The van der Waals surface area contributed by atoms with E-state index in [0.717, 1.165) is 28.1 Å². The summed E-state index contributed by atoms with van der Waals surface area (Å²) in [6.45, 7) is 4.72. The summed E-state index contributed by atoms with van der Waals surface area (Å²) < 4.78 is 5.48. The number of H-pyrrole nitrogens is 1. The molecular formula is C16H17N3OS. The summed E-state index contributed by atoms with van der Waals surface area (Å²) in [6, 6.07) is 7.93. The Morgan fingerprint density at radius 1 is 1.24 bits per heavy atom. The van der Waals surface area contributed by atoms with Gasteiger partial charge in [0, 0.05) is 10.9 Å². The number of hydrogen-bond acceptors (Lipinski definition) is 4. The molecule has 0 spiro atoms. The number of aromatic amines is 1. The highest BCUT2D eigenvalue weighted by Crippen LogP contribution is 2.37. The highest BCUT2D eigenvalue weighted by Gasteiger charge is 2.16. The third-order valence-corrected chi connectivity index (χ3v) is 4.23. The smallest absolute Gasteiger partial charge is 0.153 e. The molecule has 1 aromatic carbocycles. The molecule has 0 aliphatic carbocycles. The van der Waals surface area contributed by atoms with Crippen LogP contribution in [0, 0.1) is 6.92 Å². The number of nitrogens with one attached hydrogen (secondary N) is 1. The van der Waals surface area contributed by atoms with Gasteiger partial charge in [0.15, 0.2) is 5.82 Å². The predicted octanol–water partition coefficient (Wildman–Crippen LogP) is 4.09. The zero-order valence-electron chi connectivity index (χ0n) is 12.0. The maximum Gasteiger partial charge on any atom is 0.153 e. The van der Waals surface area contributed by atoms with Crippen LogP contribution >= 0.6 is 11.3 Å². The zero-order chi connectivity index (χ0) is 14.8. The molecule has 0 aliphatic rings. The number of anilines is 1. The number of nitrogens with two attached hydrogens (primary N) is 1. The summed E-state index contributed by atoms with van der Waals surface area (Å²) in [5.74, 6) is 1.37. The lowest BCUT2D eigenvalue weighted by molar-refractivity contribution is 0.340. The van der Waals surface area contributed by atoms with Crippen LogP contribution in [0.1, 0.15) is 12.5 Å². The first-order chi connectivity index (χ1) is 10.2. The summed E-state index contributed by atoms with van der Waals surface area (Å²) in [6.07, 6.45) is 0. The Hall–Kier alpha value is -2.27. The molecule has 108 valence electrons. The minimum Gasteiger partial charge on any atom is -0.494 e. The highest BCUT2D eigenvalue weighted by atomic mass is 32.1. The van der Waals surface area contributed by atoms with E-state index in [9.17, 15) is 0 Å². The van der Waals surface area contributed by atoms with Gasteiger partial charge in [-0.05, 0) is 42.5 Å². The second-order valence-corrected chi connectivity index (χ2v) is 5.53. The Morgan fingerprint density at radius 3 is 2.62 bits per heavy atom. The molecule has 0 unspecified atom stereocenters. The van der Waals surface area contributed by atoms with Crippen molar-refractivity contribution in [1.82, 2.24) is 10.2 Å². The van der Waals surface area contributed by atoms with Crippen molar-refractivity contribution in [2.45, 2.75) is 13.8 Å². The lowest BCUT2D eigenvalue weighted by atomic mass is 10.0. The van der Waals surface area contributed by atoms with Gasteiger partial charge in [0.2, 0.25) is 0 Å². The van der Waals surface area contributed by atoms with Crippen LogP contribution in [0.4, 0.5) is 5.82 Å². The standard InChI is InChI=1S/C16H17N3OS/c1-3-20-12-6-4-11(5-7-12)14-15(18-19-16(14)17)13-9-21-8-10(13)2/h4-9H,3H2,1-2H3,(H3,17,18,19). The molecule has 2 aromatic heterocycles. The molecule has 3 aromatic rings. The second-order valence-electron chi connectivity index (χ2n) is 4.78. The van der Waals surface area contributed by atoms with Crippen molar-refractivity contribution < 1.29 is 4.74 Å². The van der Waals surface area contributed by atoms with Gasteiger partial charge in [-0.25, -0.2) is 0 Å². The van der Waals surface area contributed by atoms with Crippen molar-refractivity contribution in [3.63, 3.8) is 0 Å². The number of aromatic nitrogens is 2. The van der Waals surface area contributed by atoms with E-state index in [1.807, 2.05) is 31.2 Å². The third-order valence-electron chi connectivity index (χ3n) is 3.37. The molecule has 5 heteroatoms. The van der Waals surface area contributed by atoms with Crippen LogP contribution in [0.5, 0.6) is 5.75 Å². The van der Waals surface area contributed by atoms with E-state index in [-0.39, 0.29) is 0 Å². The van der Waals surface area contributed by atoms with Crippen molar-refractivity contribution in [2.24, 2.45) is 0 Å². The number of rotatable bonds is 4. The van der Waals surface area contributed by atoms with Gasteiger partial charge in [0.1, 0.15) is 5.75 Å². The first-order valence-corrected chi connectivity index (χ1v) is 7.75. The van der Waals surface area contributed by atoms with Crippen molar-refractivity contribution in [1.29, 1.82) is 0 Å². The monoisotopic (exact) mass is 299 g/mol. The Bertz CT molecular complexity index is 743. The number of nitrogens with zero attached hydrogens (tertiary/aromatic N) is 1. The fourth-order valence-corrected chi connectivity index (χ4v) is 3.18. The molecule has 3 rings (SSSR count). The van der Waals surface area contributed by atoms with Crippen LogP contribution in [0.15, 0.2) is 35.0 Å². The third kappa shape index (κ3) is 2.52. The van der Waals surface area contributed by atoms with Crippen LogP contribution < -0.4 is 10.5 Å². The first kappa shape index (κ1) is 13.7. The van der Waals surface area contributed by atoms with E-state index in [4.69, 9.17) is 10.5 Å². The Labute approximate surface area is 127 Å². The number of ether oxygens (including phenoxy) is 1. The van der Waals surface area contributed by atoms with Crippen molar-refractivity contribution in [2.75, 3.05) is 12.3 Å². The lowest BCUT2D eigenvalue weighted by Crippen LogP contribution is -1.92. The summed E-state index contributed by atoms with van der Waals surface area (Å²) in [5, 5.41) is 11.5. The van der Waals surface area contributed by atoms with Crippen LogP contribution in [0.3, 0.4) is 0 Å². The first-order valence-electron chi connectivity index (χ1n) is 6.81. The Balaban J connectivity index is 2.06. The van der Waals surface area contributed by atoms with Crippen molar-refractivity contribution >= 4 is 17.2 Å². The number of nitrogen functional groups attached to an aromatic ring is 1. The molecule has 0 fully saturated rings. The van der Waals surface area contributed by atoms with Gasteiger partial charge in [0.05, 0.1) is 17.9 Å². The van der Waals surface area contributed by atoms with Crippen LogP contribution in [0.25, 0.3) is 22.4 Å². The Morgan fingerprint density at radius 2 is 2.00 bits per heavy atom. The fraction of sp³-hybridized carbons (Fsp3) is 0.188. The molecule has 21 heavy (non-hydrogen) atoms. The highest BCUT2D eigenvalue weighted by molar-refractivity contribution is 7.08. The van der Waals surface area contributed by atoms with Crippen LogP contribution in [-0.4, -0.2) is 16.8 Å². The van der Waals surface area contributed by atoms with Gasteiger partial charge in [-0.15, -0.1) is 0 Å². The fourth-order valence-electron chi connectivity index (χ4n) is 2.34. The zero-order valence-corrected chi connectivity index (χ0v) is 12.8. The molecule has 0 bridgehead atoms. The average Bonchev–Trinajstić information content (AvgIpc) is 3.06. The van der Waals surface area contributed by atoms with E-state index in [1.54, 1.807) is 11.3 Å². The van der Waals surface area contributed by atoms with E-state index in [2.05, 4.69) is 27.9 Å². The van der Waals surface area contributed by atoms with Gasteiger partial charge in [0.25, 0.3) is 0 Å². The summed E-state index contributed by atoms with van der Waals surface area (Å²) >= 11 is 1.67. The lowest BCUT2D eigenvalue weighted by Gasteiger charge is -2.07. The second kappa shape index (κ2) is 5.61. The van der Waals surface area contributed by atoms with E-state index >= 15 is 0 Å². The average molecular weight is 299 g/mol. The van der Waals surface area contributed by atoms with Crippen molar-refractivity contribution in [3.8, 4) is 28.1 Å². The van der Waals surface area contributed by atoms with E-state index in [0.29, 0.717) is 12.4 Å².